The summed E-state index contributed by atoms with van der Waals surface area (Å²) in [7, 11) is 1.41. The molecule has 34 heavy (non-hydrogen) atoms. The molecule has 174 valence electrons. The first kappa shape index (κ1) is 23.9. The smallest absolute Gasteiger partial charge is 0.343 e. The minimum atomic E-state index is -0.699. The molecular formula is C24H21N3O7. The van der Waals surface area contributed by atoms with Crippen molar-refractivity contribution in [3.63, 3.8) is 0 Å². The molecule has 0 spiro atoms. The fourth-order valence-electron chi connectivity index (χ4n) is 2.80. The van der Waals surface area contributed by atoms with Crippen molar-refractivity contribution in [2.75, 3.05) is 13.7 Å². The van der Waals surface area contributed by atoms with Crippen LogP contribution >= 0.6 is 0 Å². The van der Waals surface area contributed by atoms with Gasteiger partial charge in [-0.3, -0.25) is 14.9 Å². The minimum absolute atomic E-state index is 0.133. The van der Waals surface area contributed by atoms with Gasteiger partial charge in [0.05, 0.1) is 23.8 Å². The van der Waals surface area contributed by atoms with Crippen molar-refractivity contribution in [3.8, 4) is 17.2 Å². The molecule has 0 saturated heterocycles. The summed E-state index contributed by atoms with van der Waals surface area (Å²) in [6.45, 7) is 1.69. The normalized spacial score (nSPS) is 10.5. The number of nitrogens with one attached hydrogen (secondary N) is 1. The van der Waals surface area contributed by atoms with Gasteiger partial charge in [-0.1, -0.05) is 18.2 Å². The number of carbonyl (C=O) groups is 2. The van der Waals surface area contributed by atoms with Gasteiger partial charge in [-0.2, -0.15) is 5.10 Å². The minimum Gasteiger partial charge on any atom is -0.493 e. The fraction of sp³-hybridized carbons (Fsp3) is 0.125. The summed E-state index contributed by atoms with van der Waals surface area (Å²) in [4.78, 5) is 34.5. The predicted molar refractivity (Wildman–Crippen MR) is 123 cm³/mol. The van der Waals surface area contributed by atoms with Crippen LogP contribution in [-0.4, -0.2) is 36.7 Å². The maximum absolute atomic E-state index is 12.3. The van der Waals surface area contributed by atoms with Crippen molar-refractivity contribution in [1.82, 2.24) is 5.43 Å². The number of carbonyl (C=O) groups excluding carboxylic acids is 2. The quantitative estimate of drug-likeness (QED) is 0.169. The summed E-state index contributed by atoms with van der Waals surface area (Å²) in [6.07, 6.45) is 1.40. The lowest BCUT2D eigenvalue weighted by atomic mass is 10.2. The first-order chi connectivity index (χ1) is 16.4. The Morgan fingerprint density at radius 1 is 1.03 bits per heavy atom. The summed E-state index contributed by atoms with van der Waals surface area (Å²) in [5.41, 5.74) is 3.88. The zero-order chi connectivity index (χ0) is 24.5. The van der Waals surface area contributed by atoms with Crippen LogP contribution in [0.4, 0.5) is 5.69 Å². The predicted octanol–water partition coefficient (Wildman–Crippen LogP) is 3.66. The van der Waals surface area contributed by atoms with Crippen LogP contribution in [0.3, 0.4) is 0 Å². The van der Waals surface area contributed by atoms with Gasteiger partial charge in [0, 0.05) is 12.1 Å². The van der Waals surface area contributed by atoms with E-state index >= 15 is 0 Å². The molecular weight excluding hydrogens is 442 g/mol. The van der Waals surface area contributed by atoms with Crippen LogP contribution in [0.5, 0.6) is 17.2 Å². The van der Waals surface area contributed by atoms with Gasteiger partial charge in [0.1, 0.15) is 5.75 Å². The van der Waals surface area contributed by atoms with Crippen LogP contribution in [0.15, 0.2) is 71.8 Å². The number of nitrogens with zero attached hydrogens (tertiary/aromatic N) is 2. The van der Waals surface area contributed by atoms with Gasteiger partial charge >= 0.3 is 5.97 Å². The number of aryl methyl sites for hydroxylation is 1. The Balaban J connectivity index is 1.58. The molecule has 0 unspecified atom stereocenters. The van der Waals surface area contributed by atoms with Gasteiger partial charge in [-0.25, -0.2) is 10.2 Å². The number of ether oxygens (including phenoxy) is 3. The van der Waals surface area contributed by atoms with Crippen LogP contribution in [-0.2, 0) is 4.79 Å². The lowest BCUT2D eigenvalue weighted by Gasteiger charge is -2.10. The highest BCUT2D eigenvalue weighted by molar-refractivity contribution is 5.92. The molecule has 3 aromatic rings. The summed E-state index contributed by atoms with van der Waals surface area (Å²) in [6, 6.07) is 17.1. The van der Waals surface area contributed by atoms with Crippen molar-refractivity contribution in [1.29, 1.82) is 0 Å². The van der Waals surface area contributed by atoms with Crippen LogP contribution in [0.2, 0.25) is 0 Å². The number of hydrogen-bond donors (Lipinski definition) is 1. The van der Waals surface area contributed by atoms with Gasteiger partial charge in [0.15, 0.2) is 18.1 Å². The van der Waals surface area contributed by atoms with Gasteiger partial charge in [0.2, 0.25) is 0 Å². The maximum atomic E-state index is 12.3. The molecule has 0 aliphatic heterocycles. The van der Waals surface area contributed by atoms with E-state index in [9.17, 15) is 19.7 Å². The van der Waals surface area contributed by atoms with Crippen molar-refractivity contribution < 1.29 is 28.7 Å². The molecule has 10 nitrogen and oxygen atoms in total. The molecule has 0 heterocycles. The monoisotopic (exact) mass is 463 g/mol. The Labute approximate surface area is 194 Å². The van der Waals surface area contributed by atoms with Crippen LogP contribution < -0.4 is 19.6 Å². The topological polar surface area (TPSA) is 129 Å². The molecule has 0 aliphatic carbocycles. The molecule has 0 bridgehead atoms. The van der Waals surface area contributed by atoms with E-state index in [-0.39, 0.29) is 29.4 Å². The highest BCUT2D eigenvalue weighted by Crippen LogP contribution is 2.28. The zero-order valence-corrected chi connectivity index (χ0v) is 18.4. The number of methoxy groups -OCH3 is 1. The summed E-state index contributed by atoms with van der Waals surface area (Å²) in [5, 5.41) is 14.6. The Morgan fingerprint density at radius 3 is 2.44 bits per heavy atom. The number of hydrazone groups is 1. The number of non-ortho nitro benzene ring substituents is 1. The number of esters is 1. The van der Waals surface area contributed by atoms with E-state index in [0.29, 0.717) is 11.3 Å². The van der Waals surface area contributed by atoms with E-state index in [1.54, 1.807) is 18.2 Å². The molecule has 0 aromatic heterocycles. The second-order valence-corrected chi connectivity index (χ2v) is 6.95. The second-order valence-electron chi connectivity index (χ2n) is 6.95. The molecule has 1 N–H and O–H groups in total. The van der Waals surface area contributed by atoms with Gasteiger partial charge in [-0.05, 0) is 54.4 Å². The summed E-state index contributed by atoms with van der Waals surface area (Å²) < 4.78 is 16.1. The van der Waals surface area contributed by atoms with Crippen LogP contribution in [0, 0.1) is 17.0 Å². The number of hydrogen-bond acceptors (Lipinski definition) is 8. The Morgan fingerprint density at radius 2 is 1.76 bits per heavy atom. The Hall–Kier alpha value is -4.73. The number of amides is 1. The average Bonchev–Trinajstić information content (AvgIpc) is 2.84. The van der Waals surface area contributed by atoms with Crippen molar-refractivity contribution in [2.24, 2.45) is 5.10 Å². The molecule has 3 aromatic carbocycles. The van der Waals surface area contributed by atoms with Crippen molar-refractivity contribution in [3.05, 3.63) is 93.5 Å². The molecule has 0 fully saturated rings. The lowest BCUT2D eigenvalue weighted by Crippen LogP contribution is -2.24. The molecule has 0 saturated carbocycles. The summed E-state index contributed by atoms with van der Waals surface area (Å²) in [5.74, 6) is -0.104. The molecule has 1 amide bonds. The molecule has 0 atom stereocenters. The molecule has 0 aliphatic rings. The lowest BCUT2D eigenvalue weighted by molar-refractivity contribution is -0.384. The van der Waals surface area contributed by atoms with E-state index in [4.69, 9.17) is 14.2 Å². The number of benzene rings is 3. The molecule has 0 radical (unpaired) electrons. The van der Waals surface area contributed by atoms with E-state index < -0.39 is 16.8 Å². The third-order valence-corrected chi connectivity index (χ3v) is 4.56. The third-order valence-electron chi connectivity index (χ3n) is 4.56. The second kappa shape index (κ2) is 11.2. The highest BCUT2D eigenvalue weighted by atomic mass is 16.6. The van der Waals surface area contributed by atoms with E-state index in [0.717, 1.165) is 5.56 Å². The van der Waals surface area contributed by atoms with Gasteiger partial charge < -0.3 is 14.2 Å². The maximum Gasteiger partial charge on any atom is 0.343 e. The average molecular weight is 463 g/mol. The Bertz CT molecular complexity index is 1220. The van der Waals surface area contributed by atoms with E-state index in [1.807, 2.05) is 25.1 Å². The standard InChI is InChI=1S/C24H21N3O7/c1-16-5-3-4-6-20(16)33-15-23(28)26-25-14-17-7-12-21(22(13-17)32-2)34-24(29)18-8-10-19(11-9-18)27(30)31/h3-14H,15H2,1-2H3,(H,26,28). The van der Waals surface area contributed by atoms with Gasteiger partial charge in [0.25, 0.3) is 11.6 Å². The number of nitro benzene ring substituents is 1. The number of para-hydroxylation sites is 1. The van der Waals surface area contributed by atoms with Crippen molar-refractivity contribution >= 4 is 23.8 Å². The summed E-state index contributed by atoms with van der Waals surface area (Å²) >= 11 is 0. The van der Waals surface area contributed by atoms with E-state index in [2.05, 4.69) is 10.5 Å². The zero-order valence-electron chi connectivity index (χ0n) is 18.4. The molecule has 10 heteroatoms. The third kappa shape index (κ3) is 6.39. The highest BCUT2D eigenvalue weighted by Gasteiger charge is 2.14. The van der Waals surface area contributed by atoms with Crippen LogP contribution in [0.1, 0.15) is 21.5 Å². The SMILES string of the molecule is COc1cc(C=NNC(=O)COc2ccccc2C)ccc1OC(=O)c1ccc([N+](=O)[O-])cc1. The fourth-order valence-corrected chi connectivity index (χ4v) is 2.80. The number of nitro groups is 1. The van der Waals surface area contributed by atoms with E-state index in [1.165, 1.54) is 43.7 Å². The van der Waals surface area contributed by atoms with Crippen molar-refractivity contribution in [2.45, 2.75) is 6.92 Å². The first-order valence-electron chi connectivity index (χ1n) is 10.0. The largest absolute Gasteiger partial charge is 0.493 e. The molecule has 3 rings (SSSR count). The Kier molecular flexibility index (Phi) is 7.90. The van der Waals surface area contributed by atoms with Gasteiger partial charge in [-0.15, -0.1) is 0 Å². The van der Waals surface area contributed by atoms with Crippen LogP contribution in [0.25, 0.3) is 0 Å². The first-order valence-corrected chi connectivity index (χ1v) is 10.0. The number of rotatable bonds is 9.